The number of benzene rings is 1. The van der Waals surface area contributed by atoms with Crippen molar-refractivity contribution in [1.29, 1.82) is 0 Å². The van der Waals surface area contributed by atoms with Gasteiger partial charge in [-0.25, -0.2) is 4.79 Å². The van der Waals surface area contributed by atoms with Crippen LogP contribution in [0.25, 0.3) is 0 Å². The first-order valence-corrected chi connectivity index (χ1v) is 5.66. The van der Waals surface area contributed by atoms with Crippen LogP contribution in [0.4, 0.5) is 0 Å². The second kappa shape index (κ2) is 5.29. The summed E-state index contributed by atoms with van der Waals surface area (Å²) < 4.78 is 15.6. The van der Waals surface area contributed by atoms with Crippen molar-refractivity contribution in [2.24, 2.45) is 5.92 Å². The summed E-state index contributed by atoms with van der Waals surface area (Å²) in [4.78, 5) is 11.7. The van der Waals surface area contributed by atoms with E-state index < -0.39 is 12.4 Å². The van der Waals surface area contributed by atoms with E-state index in [0.29, 0.717) is 24.7 Å². The molecule has 1 fully saturated rings. The average Bonchev–Trinajstić information content (AvgIpc) is 2.33. The maximum Gasteiger partial charge on any atom is 0.342 e. The molecule has 0 amide bonds. The number of hydrogen-bond acceptors (Lipinski definition) is 4. The van der Waals surface area contributed by atoms with Crippen molar-refractivity contribution < 1.29 is 19.0 Å². The molecule has 1 heterocycles. The number of aryl methyl sites for hydroxylation is 1. The van der Waals surface area contributed by atoms with Crippen molar-refractivity contribution in [3.63, 3.8) is 0 Å². The van der Waals surface area contributed by atoms with E-state index in [1.165, 1.54) is 0 Å². The van der Waals surface area contributed by atoms with Crippen molar-refractivity contribution in [3.05, 3.63) is 35.4 Å². The molecule has 4 nitrogen and oxygen atoms in total. The third kappa shape index (κ3) is 3.28. The molecule has 1 aromatic rings. The van der Waals surface area contributed by atoms with Crippen LogP contribution in [0.5, 0.6) is 0 Å². The van der Waals surface area contributed by atoms with Gasteiger partial charge in [0.2, 0.25) is 0 Å². The number of rotatable bonds is 2. The van der Waals surface area contributed by atoms with Gasteiger partial charge >= 0.3 is 12.4 Å². The molecule has 0 bridgehead atoms. The third-order valence-corrected chi connectivity index (χ3v) is 2.52. The first kappa shape index (κ1) is 12.1. The molecule has 0 atom stereocenters. The Bertz CT molecular complexity index is 377. The summed E-state index contributed by atoms with van der Waals surface area (Å²) in [5.41, 5.74) is 1.60. The largest absolute Gasteiger partial charge is 0.407 e. The Morgan fingerprint density at radius 1 is 1.24 bits per heavy atom. The van der Waals surface area contributed by atoms with E-state index >= 15 is 0 Å². The number of hydrogen-bond donors (Lipinski definition) is 0. The Hall–Kier alpha value is -1.39. The van der Waals surface area contributed by atoms with Gasteiger partial charge in [-0.3, -0.25) is 0 Å². The lowest BCUT2D eigenvalue weighted by molar-refractivity contribution is -0.297. The smallest absolute Gasteiger partial charge is 0.342 e. The van der Waals surface area contributed by atoms with Gasteiger partial charge in [0.25, 0.3) is 0 Å². The molecule has 1 saturated heterocycles. The van der Waals surface area contributed by atoms with Crippen molar-refractivity contribution >= 4 is 5.97 Å². The monoisotopic (exact) mass is 236 g/mol. The number of carbonyl (C=O) groups is 1. The lowest BCUT2D eigenvalue weighted by atomic mass is 10.1. The Morgan fingerprint density at radius 2 is 1.82 bits per heavy atom. The van der Waals surface area contributed by atoms with Crippen molar-refractivity contribution in [3.8, 4) is 0 Å². The van der Waals surface area contributed by atoms with E-state index in [9.17, 15) is 4.79 Å². The molecule has 0 N–H and O–H groups in total. The highest BCUT2D eigenvalue weighted by molar-refractivity contribution is 5.89. The predicted octanol–water partition coefficient (Wildman–Crippen LogP) is 2.12. The first-order valence-electron chi connectivity index (χ1n) is 5.66. The normalized spacial score (nSPS) is 24.4. The summed E-state index contributed by atoms with van der Waals surface area (Å²) in [6.45, 7) is 4.19. The lowest BCUT2D eigenvalue weighted by Gasteiger charge is -2.26. The van der Waals surface area contributed by atoms with Crippen LogP contribution in [0.1, 0.15) is 22.8 Å². The molecule has 0 unspecified atom stereocenters. The van der Waals surface area contributed by atoms with E-state index in [0.717, 1.165) is 5.56 Å². The van der Waals surface area contributed by atoms with E-state index in [1.54, 1.807) is 12.1 Å². The number of ether oxygens (including phenoxy) is 3. The summed E-state index contributed by atoms with van der Waals surface area (Å²) in [5, 5.41) is 0. The van der Waals surface area contributed by atoms with Gasteiger partial charge in [0, 0.05) is 5.92 Å². The summed E-state index contributed by atoms with van der Waals surface area (Å²) in [5.74, 6) is -0.0890. The molecule has 4 heteroatoms. The summed E-state index contributed by atoms with van der Waals surface area (Å²) in [7, 11) is 0. The van der Waals surface area contributed by atoms with Crippen LogP contribution in [0.15, 0.2) is 24.3 Å². The van der Waals surface area contributed by atoms with Crippen LogP contribution in [0, 0.1) is 12.8 Å². The molecule has 1 aliphatic heterocycles. The van der Waals surface area contributed by atoms with Crippen LogP contribution in [-0.2, 0) is 14.2 Å². The van der Waals surface area contributed by atoms with Gasteiger partial charge in [-0.15, -0.1) is 0 Å². The highest BCUT2D eigenvalue weighted by Gasteiger charge is 2.23. The maximum absolute atomic E-state index is 11.7. The van der Waals surface area contributed by atoms with Crippen LogP contribution >= 0.6 is 0 Å². The minimum absolute atomic E-state index is 0.337. The fourth-order valence-corrected chi connectivity index (χ4v) is 1.50. The Balaban J connectivity index is 1.91. The Morgan fingerprint density at radius 3 is 2.41 bits per heavy atom. The maximum atomic E-state index is 11.7. The Kier molecular flexibility index (Phi) is 3.76. The van der Waals surface area contributed by atoms with E-state index in [1.807, 2.05) is 26.0 Å². The third-order valence-electron chi connectivity index (χ3n) is 2.52. The molecule has 17 heavy (non-hydrogen) atoms. The topological polar surface area (TPSA) is 44.8 Å². The molecule has 0 aliphatic carbocycles. The van der Waals surface area contributed by atoms with Crippen molar-refractivity contribution in [2.45, 2.75) is 20.3 Å². The molecular weight excluding hydrogens is 220 g/mol. The SMILES string of the molecule is Cc1ccc(C(=O)OC2OCC(C)CO2)cc1. The van der Waals surface area contributed by atoms with Gasteiger partial charge in [0.05, 0.1) is 18.8 Å². The van der Waals surface area contributed by atoms with Gasteiger partial charge in [-0.05, 0) is 19.1 Å². The molecular formula is C13H16O4. The second-order valence-corrected chi connectivity index (χ2v) is 4.33. The molecule has 92 valence electrons. The van der Waals surface area contributed by atoms with Gasteiger partial charge in [0.1, 0.15) is 0 Å². The number of esters is 1. The standard InChI is InChI=1S/C13H16O4/c1-9-3-5-11(6-4-9)12(14)17-13-15-7-10(2)8-16-13/h3-6,10,13H,7-8H2,1-2H3. The minimum atomic E-state index is -0.875. The summed E-state index contributed by atoms with van der Waals surface area (Å²) >= 11 is 0. The van der Waals surface area contributed by atoms with Crippen LogP contribution in [0.2, 0.25) is 0 Å². The van der Waals surface area contributed by atoms with Crippen LogP contribution in [0.3, 0.4) is 0 Å². The fourth-order valence-electron chi connectivity index (χ4n) is 1.50. The van der Waals surface area contributed by atoms with Crippen molar-refractivity contribution in [2.75, 3.05) is 13.2 Å². The average molecular weight is 236 g/mol. The molecule has 1 aliphatic rings. The van der Waals surface area contributed by atoms with Crippen LogP contribution in [-0.4, -0.2) is 25.7 Å². The first-order chi connectivity index (χ1) is 8.15. The van der Waals surface area contributed by atoms with E-state index in [-0.39, 0.29) is 0 Å². The predicted molar refractivity (Wildman–Crippen MR) is 61.5 cm³/mol. The minimum Gasteiger partial charge on any atom is -0.407 e. The summed E-state index contributed by atoms with van der Waals surface area (Å²) in [6.07, 6.45) is 0. The van der Waals surface area contributed by atoms with Gasteiger partial charge in [-0.2, -0.15) is 0 Å². The highest BCUT2D eigenvalue weighted by Crippen LogP contribution is 2.13. The van der Waals surface area contributed by atoms with Gasteiger partial charge in [-0.1, -0.05) is 24.6 Å². The molecule has 1 aromatic carbocycles. The van der Waals surface area contributed by atoms with E-state index in [2.05, 4.69) is 0 Å². The highest BCUT2D eigenvalue weighted by atomic mass is 16.9. The second-order valence-electron chi connectivity index (χ2n) is 4.33. The van der Waals surface area contributed by atoms with Gasteiger partial charge < -0.3 is 14.2 Å². The lowest BCUT2D eigenvalue weighted by Crippen LogP contribution is -2.34. The number of carbonyl (C=O) groups excluding carboxylic acids is 1. The molecule has 0 radical (unpaired) electrons. The molecule has 2 rings (SSSR count). The zero-order valence-electron chi connectivity index (χ0n) is 10.0. The quantitative estimate of drug-likeness (QED) is 0.738. The van der Waals surface area contributed by atoms with E-state index in [4.69, 9.17) is 14.2 Å². The molecule has 0 aromatic heterocycles. The fraction of sp³-hybridized carbons (Fsp3) is 0.462. The molecule has 0 saturated carbocycles. The molecule has 0 spiro atoms. The summed E-state index contributed by atoms with van der Waals surface area (Å²) in [6, 6.07) is 7.18. The zero-order chi connectivity index (χ0) is 12.3. The van der Waals surface area contributed by atoms with Crippen LogP contribution < -0.4 is 0 Å². The Labute approximate surface area is 100 Å². The zero-order valence-corrected chi connectivity index (χ0v) is 10.0. The van der Waals surface area contributed by atoms with Gasteiger partial charge in [0.15, 0.2) is 0 Å². The van der Waals surface area contributed by atoms with Crippen molar-refractivity contribution in [1.82, 2.24) is 0 Å².